The number of nitrogens with one attached hydrogen (secondary N) is 2. The molecular weight excluding hydrogens is 377 g/mol. The Balaban J connectivity index is 1.57. The van der Waals surface area contributed by atoms with Gasteiger partial charge in [0.2, 0.25) is 0 Å². The fraction of sp³-hybridized carbons (Fsp3) is 0.389. The third-order valence-corrected chi connectivity index (χ3v) is 4.65. The van der Waals surface area contributed by atoms with Crippen LogP contribution in [-0.2, 0) is 9.59 Å². The summed E-state index contributed by atoms with van der Waals surface area (Å²) in [4.78, 5) is 42.1. The Bertz CT molecular complexity index is 868. The molecule has 28 heavy (non-hydrogen) atoms. The number of fused-ring (bicyclic) bond motifs is 1. The van der Waals surface area contributed by atoms with Crippen LogP contribution in [0.15, 0.2) is 30.3 Å². The van der Waals surface area contributed by atoms with Gasteiger partial charge in [0.05, 0.1) is 0 Å². The van der Waals surface area contributed by atoms with Crippen molar-refractivity contribution >= 4 is 28.6 Å². The van der Waals surface area contributed by atoms with Gasteiger partial charge in [0.1, 0.15) is 11.7 Å². The van der Waals surface area contributed by atoms with Crippen molar-refractivity contribution in [2.75, 3.05) is 26.2 Å². The number of amides is 3. The molecule has 7 nitrogen and oxygen atoms in total. The van der Waals surface area contributed by atoms with Gasteiger partial charge < -0.3 is 20.1 Å². The highest BCUT2D eigenvalue weighted by Gasteiger charge is 2.39. The number of piperazine rings is 1. The molecule has 1 aromatic carbocycles. The molecule has 150 valence electrons. The Morgan fingerprint density at radius 1 is 1.07 bits per heavy atom. The van der Waals surface area contributed by atoms with Crippen LogP contribution in [0.1, 0.15) is 17.4 Å². The van der Waals surface area contributed by atoms with Crippen LogP contribution in [0.3, 0.4) is 0 Å². The maximum Gasteiger partial charge on any atom is 0.408 e. The summed E-state index contributed by atoms with van der Waals surface area (Å²) in [5.41, 5.74) is 1.24. The van der Waals surface area contributed by atoms with Crippen LogP contribution in [0.2, 0.25) is 0 Å². The number of carbonyl (C=O) groups is 3. The number of alkyl halides is 3. The molecule has 0 saturated carbocycles. The Labute approximate surface area is 158 Å². The molecule has 3 rings (SSSR count). The van der Waals surface area contributed by atoms with Crippen molar-refractivity contribution in [1.29, 1.82) is 0 Å². The SMILES string of the molecule is C[C@@H](NC(=O)C(=O)N1CCN(C(=O)c2cc3ccccc3[nH]2)CC1)C(F)(F)F. The highest BCUT2D eigenvalue weighted by Crippen LogP contribution is 2.20. The molecule has 2 aromatic rings. The molecule has 0 aliphatic carbocycles. The summed E-state index contributed by atoms with van der Waals surface area (Å²) in [5, 5.41) is 2.55. The first-order valence-corrected chi connectivity index (χ1v) is 8.70. The Morgan fingerprint density at radius 2 is 1.68 bits per heavy atom. The van der Waals surface area contributed by atoms with Crippen LogP contribution < -0.4 is 5.32 Å². The standard InChI is InChI=1S/C18H19F3N4O3/c1-11(18(19,20)21)22-15(26)17(28)25-8-6-24(7-9-25)16(27)14-10-12-4-2-3-5-13(12)23-14/h2-5,10-11,23H,6-9H2,1H3,(H,22,26)/t11-/m1/s1. The van der Waals surface area contributed by atoms with E-state index in [0.29, 0.717) is 5.69 Å². The van der Waals surface area contributed by atoms with Crippen LogP contribution in [-0.4, -0.2) is 70.9 Å². The van der Waals surface area contributed by atoms with E-state index < -0.39 is 24.0 Å². The minimum absolute atomic E-state index is 0.0681. The van der Waals surface area contributed by atoms with E-state index in [-0.39, 0.29) is 32.1 Å². The molecule has 1 atom stereocenters. The van der Waals surface area contributed by atoms with Gasteiger partial charge >= 0.3 is 18.0 Å². The lowest BCUT2D eigenvalue weighted by Crippen LogP contribution is -2.55. The summed E-state index contributed by atoms with van der Waals surface area (Å²) in [6.07, 6.45) is -4.62. The van der Waals surface area contributed by atoms with Crippen LogP contribution in [0.4, 0.5) is 13.2 Å². The zero-order valence-electron chi connectivity index (χ0n) is 15.0. The first kappa shape index (κ1) is 19.7. The number of nitrogens with zero attached hydrogens (tertiary/aromatic N) is 2. The van der Waals surface area contributed by atoms with Crippen LogP contribution in [0.5, 0.6) is 0 Å². The fourth-order valence-electron chi connectivity index (χ4n) is 2.96. The quantitative estimate of drug-likeness (QED) is 0.755. The molecular formula is C18H19F3N4O3. The molecule has 0 unspecified atom stereocenters. The summed E-state index contributed by atoms with van der Waals surface area (Å²) < 4.78 is 37.5. The van der Waals surface area contributed by atoms with E-state index in [1.54, 1.807) is 11.4 Å². The second-order valence-corrected chi connectivity index (χ2v) is 6.59. The smallest absolute Gasteiger partial charge is 0.351 e. The number of hydrogen-bond donors (Lipinski definition) is 2. The van der Waals surface area contributed by atoms with E-state index in [4.69, 9.17) is 0 Å². The molecule has 1 aliphatic rings. The molecule has 1 aliphatic heterocycles. The topological polar surface area (TPSA) is 85.5 Å². The fourth-order valence-corrected chi connectivity index (χ4v) is 2.96. The monoisotopic (exact) mass is 396 g/mol. The zero-order chi connectivity index (χ0) is 20.5. The first-order valence-electron chi connectivity index (χ1n) is 8.70. The van der Waals surface area contributed by atoms with Gasteiger partial charge in [-0.05, 0) is 19.1 Å². The average molecular weight is 396 g/mol. The maximum absolute atomic E-state index is 12.6. The molecule has 3 amide bonds. The third-order valence-electron chi connectivity index (χ3n) is 4.65. The van der Waals surface area contributed by atoms with E-state index in [9.17, 15) is 27.6 Å². The largest absolute Gasteiger partial charge is 0.408 e. The summed E-state index contributed by atoms with van der Waals surface area (Å²) >= 11 is 0. The number of aromatic amines is 1. The molecule has 0 radical (unpaired) electrons. The maximum atomic E-state index is 12.6. The number of halogens is 3. The minimum Gasteiger partial charge on any atom is -0.351 e. The predicted octanol–water partition coefficient (Wildman–Crippen LogP) is 1.52. The molecule has 10 heteroatoms. The number of H-pyrrole nitrogens is 1. The predicted molar refractivity (Wildman–Crippen MR) is 94.4 cm³/mol. The van der Waals surface area contributed by atoms with E-state index in [1.165, 1.54) is 4.90 Å². The summed E-state index contributed by atoms with van der Waals surface area (Å²) in [7, 11) is 0. The summed E-state index contributed by atoms with van der Waals surface area (Å²) in [5.74, 6) is -2.58. The zero-order valence-corrected chi connectivity index (χ0v) is 15.0. The number of benzene rings is 1. The molecule has 0 bridgehead atoms. The van der Waals surface area contributed by atoms with Crippen molar-refractivity contribution in [1.82, 2.24) is 20.1 Å². The van der Waals surface area contributed by atoms with Crippen molar-refractivity contribution in [2.45, 2.75) is 19.1 Å². The van der Waals surface area contributed by atoms with Crippen molar-refractivity contribution < 1.29 is 27.6 Å². The Hall–Kier alpha value is -3.04. The second kappa shape index (κ2) is 7.53. The molecule has 1 fully saturated rings. The van der Waals surface area contributed by atoms with E-state index in [1.807, 2.05) is 24.3 Å². The van der Waals surface area contributed by atoms with Gasteiger partial charge in [-0.3, -0.25) is 14.4 Å². The Kier molecular flexibility index (Phi) is 5.30. The molecule has 2 N–H and O–H groups in total. The van der Waals surface area contributed by atoms with E-state index in [0.717, 1.165) is 22.7 Å². The van der Waals surface area contributed by atoms with Crippen molar-refractivity contribution in [3.05, 3.63) is 36.0 Å². The van der Waals surface area contributed by atoms with Crippen molar-refractivity contribution in [2.24, 2.45) is 0 Å². The molecule has 0 spiro atoms. The van der Waals surface area contributed by atoms with Gasteiger partial charge in [0.25, 0.3) is 5.91 Å². The van der Waals surface area contributed by atoms with Gasteiger partial charge in [-0.1, -0.05) is 18.2 Å². The number of aromatic nitrogens is 1. The van der Waals surface area contributed by atoms with E-state index in [2.05, 4.69) is 4.98 Å². The van der Waals surface area contributed by atoms with Crippen LogP contribution in [0, 0.1) is 0 Å². The first-order chi connectivity index (χ1) is 13.2. The number of para-hydroxylation sites is 1. The highest BCUT2D eigenvalue weighted by molar-refractivity contribution is 6.35. The Morgan fingerprint density at radius 3 is 2.29 bits per heavy atom. The summed E-state index contributed by atoms with van der Waals surface area (Å²) in [6.45, 7) is 1.27. The van der Waals surface area contributed by atoms with Gasteiger partial charge in [-0.2, -0.15) is 13.2 Å². The minimum atomic E-state index is -4.62. The van der Waals surface area contributed by atoms with Gasteiger partial charge in [0, 0.05) is 37.1 Å². The number of rotatable bonds is 2. The average Bonchev–Trinajstić information content (AvgIpc) is 3.10. The van der Waals surface area contributed by atoms with Gasteiger partial charge in [-0.15, -0.1) is 0 Å². The summed E-state index contributed by atoms with van der Waals surface area (Å²) in [6, 6.07) is 7.06. The van der Waals surface area contributed by atoms with Crippen LogP contribution >= 0.6 is 0 Å². The number of hydrogen-bond acceptors (Lipinski definition) is 3. The second-order valence-electron chi connectivity index (χ2n) is 6.59. The molecule has 1 saturated heterocycles. The number of carbonyl (C=O) groups excluding carboxylic acids is 3. The lowest BCUT2D eigenvalue weighted by Gasteiger charge is -2.34. The van der Waals surface area contributed by atoms with Crippen molar-refractivity contribution in [3.8, 4) is 0 Å². The van der Waals surface area contributed by atoms with Gasteiger partial charge in [-0.25, -0.2) is 0 Å². The lowest BCUT2D eigenvalue weighted by atomic mass is 10.2. The van der Waals surface area contributed by atoms with Gasteiger partial charge in [0.15, 0.2) is 0 Å². The lowest BCUT2D eigenvalue weighted by molar-refractivity contribution is -0.162. The normalized spacial score (nSPS) is 16.1. The third kappa shape index (κ3) is 4.10. The molecule has 1 aromatic heterocycles. The molecule has 2 heterocycles. The van der Waals surface area contributed by atoms with Crippen LogP contribution in [0.25, 0.3) is 10.9 Å². The van der Waals surface area contributed by atoms with Crippen molar-refractivity contribution in [3.63, 3.8) is 0 Å². The van der Waals surface area contributed by atoms with E-state index >= 15 is 0 Å². The highest BCUT2D eigenvalue weighted by atomic mass is 19.4.